The molecule has 4 heteroatoms. The lowest BCUT2D eigenvalue weighted by atomic mass is 10.0. The molecule has 1 saturated carbocycles. The van der Waals surface area contributed by atoms with E-state index in [1.165, 1.54) is 26.0 Å². The van der Waals surface area contributed by atoms with Crippen molar-refractivity contribution >= 4 is 11.8 Å². The summed E-state index contributed by atoms with van der Waals surface area (Å²) in [5.74, 6) is 1.06. The van der Waals surface area contributed by atoms with Gasteiger partial charge in [-0.25, -0.2) is 4.39 Å². The average Bonchev–Trinajstić information content (AvgIpc) is 3.09. The Labute approximate surface area is 111 Å². The Kier molecular flexibility index (Phi) is 3.23. The first kappa shape index (κ1) is 12.2. The van der Waals surface area contributed by atoms with E-state index in [9.17, 15) is 4.39 Å². The normalized spacial score (nSPS) is 17.5. The summed E-state index contributed by atoms with van der Waals surface area (Å²) in [5.41, 5.74) is 1.90. The fourth-order valence-corrected chi connectivity index (χ4v) is 2.08. The molecular weight excluding hydrogens is 245 g/mol. The molecule has 3 rings (SSSR count). The van der Waals surface area contributed by atoms with Gasteiger partial charge in [0.2, 0.25) is 0 Å². The molecule has 0 bridgehead atoms. The number of nitrogens with zero attached hydrogens (tertiary/aromatic N) is 1. The highest BCUT2D eigenvalue weighted by molar-refractivity contribution is 5.91. The lowest BCUT2D eigenvalue weighted by molar-refractivity contribution is 0.295. The van der Waals surface area contributed by atoms with Crippen LogP contribution >= 0.6 is 0 Å². The highest BCUT2D eigenvalue weighted by atomic mass is 19.1. The third-order valence-electron chi connectivity index (χ3n) is 3.41. The lowest BCUT2D eigenvalue weighted by Gasteiger charge is -2.14. The SMILES string of the molecule is COc1cc(C2=CC=NC2)c(OCC2CC2)cc1F. The Balaban J connectivity index is 1.91. The molecule has 1 aromatic carbocycles. The zero-order valence-electron chi connectivity index (χ0n) is 10.9. The summed E-state index contributed by atoms with van der Waals surface area (Å²) in [4.78, 5) is 4.16. The molecule has 0 radical (unpaired) electrons. The van der Waals surface area contributed by atoms with Crippen molar-refractivity contribution in [3.63, 3.8) is 0 Å². The molecular formula is C15H16FNO2. The second kappa shape index (κ2) is 5.03. The molecule has 1 fully saturated rings. The van der Waals surface area contributed by atoms with Crippen molar-refractivity contribution in [1.82, 2.24) is 0 Å². The van der Waals surface area contributed by atoms with Crippen molar-refractivity contribution in [2.45, 2.75) is 12.8 Å². The molecule has 1 heterocycles. The molecule has 0 amide bonds. The zero-order valence-corrected chi connectivity index (χ0v) is 10.9. The number of hydrogen-bond donors (Lipinski definition) is 0. The highest BCUT2D eigenvalue weighted by Crippen LogP contribution is 2.36. The maximum absolute atomic E-state index is 13.8. The molecule has 0 atom stereocenters. The first-order valence-electron chi connectivity index (χ1n) is 6.47. The van der Waals surface area contributed by atoms with Gasteiger partial charge in [-0.3, -0.25) is 4.99 Å². The Bertz CT molecular complexity index is 547. The molecule has 1 aliphatic carbocycles. The van der Waals surface area contributed by atoms with Gasteiger partial charge in [0.25, 0.3) is 0 Å². The van der Waals surface area contributed by atoms with Gasteiger partial charge in [-0.2, -0.15) is 0 Å². The molecule has 1 aromatic rings. The summed E-state index contributed by atoms with van der Waals surface area (Å²) >= 11 is 0. The Morgan fingerprint density at radius 2 is 2.16 bits per heavy atom. The maximum Gasteiger partial charge on any atom is 0.168 e. The van der Waals surface area contributed by atoms with Gasteiger partial charge in [-0.1, -0.05) is 0 Å². The number of halogens is 1. The first-order chi connectivity index (χ1) is 9.28. The number of rotatable bonds is 5. The van der Waals surface area contributed by atoms with Crippen molar-refractivity contribution in [2.24, 2.45) is 10.9 Å². The number of hydrogen-bond acceptors (Lipinski definition) is 3. The standard InChI is InChI=1S/C15H16FNO2/c1-18-15-6-12(11-4-5-17-8-11)14(7-13(15)16)19-9-10-2-3-10/h4-7,10H,2-3,8-9H2,1H3. The number of benzene rings is 1. The van der Waals surface area contributed by atoms with Crippen LogP contribution in [0.15, 0.2) is 23.2 Å². The van der Waals surface area contributed by atoms with E-state index < -0.39 is 5.82 Å². The predicted octanol–water partition coefficient (Wildman–Crippen LogP) is 3.09. The minimum absolute atomic E-state index is 0.238. The molecule has 1 aliphatic heterocycles. The van der Waals surface area contributed by atoms with Gasteiger partial charge in [0.1, 0.15) is 5.75 Å². The van der Waals surface area contributed by atoms with Crippen LogP contribution in [0.3, 0.4) is 0 Å². The molecule has 2 aliphatic rings. The van der Waals surface area contributed by atoms with E-state index in [4.69, 9.17) is 9.47 Å². The quantitative estimate of drug-likeness (QED) is 0.815. The second-order valence-electron chi connectivity index (χ2n) is 4.92. The van der Waals surface area contributed by atoms with Gasteiger partial charge >= 0.3 is 0 Å². The minimum Gasteiger partial charge on any atom is -0.494 e. The molecule has 19 heavy (non-hydrogen) atoms. The summed E-state index contributed by atoms with van der Waals surface area (Å²) in [6, 6.07) is 3.10. The van der Waals surface area contributed by atoms with Crippen LogP contribution in [-0.2, 0) is 0 Å². The predicted molar refractivity (Wildman–Crippen MR) is 72.5 cm³/mol. The molecule has 3 nitrogen and oxygen atoms in total. The average molecular weight is 261 g/mol. The summed E-state index contributed by atoms with van der Waals surface area (Å²) in [6.45, 7) is 1.27. The van der Waals surface area contributed by atoms with E-state index in [1.807, 2.05) is 6.08 Å². The summed E-state index contributed by atoms with van der Waals surface area (Å²) in [5, 5.41) is 0. The summed E-state index contributed by atoms with van der Waals surface area (Å²) in [7, 11) is 1.46. The topological polar surface area (TPSA) is 30.8 Å². The van der Waals surface area contributed by atoms with E-state index in [-0.39, 0.29) is 5.75 Å². The van der Waals surface area contributed by atoms with Crippen LogP contribution in [0.2, 0.25) is 0 Å². The van der Waals surface area contributed by atoms with Crippen molar-refractivity contribution in [1.29, 1.82) is 0 Å². The van der Waals surface area contributed by atoms with Gasteiger partial charge in [0, 0.05) is 17.8 Å². The minimum atomic E-state index is -0.392. The smallest absolute Gasteiger partial charge is 0.168 e. The Morgan fingerprint density at radius 1 is 1.32 bits per heavy atom. The third-order valence-corrected chi connectivity index (χ3v) is 3.41. The van der Waals surface area contributed by atoms with Crippen LogP contribution in [-0.4, -0.2) is 26.5 Å². The third kappa shape index (κ3) is 2.62. The van der Waals surface area contributed by atoms with E-state index in [1.54, 1.807) is 12.3 Å². The van der Waals surface area contributed by atoms with E-state index >= 15 is 0 Å². The molecule has 100 valence electrons. The molecule has 0 spiro atoms. The van der Waals surface area contributed by atoms with E-state index in [0.717, 1.165) is 11.1 Å². The molecule has 0 aromatic heterocycles. The largest absolute Gasteiger partial charge is 0.494 e. The summed E-state index contributed by atoms with van der Waals surface area (Å²) in [6.07, 6.45) is 6.10. The maximum atomic E-state index is 13.8. The number of methoxy groups -OCH3 is 1. The second-order valence-corrected chi connectivity index (χ2v) is 4.92. The van der Waals surface area contributed by atoms with Crippen molar-refractivity contribution in [3.05, 3.63) is 29.6 Å². The van der Waals surface area contributed by atoms with Crippen LogP contribution in [0.1, 0.15) is 18.4 Å². The van der Waals surface area contributed by atoms with Gasteiger partial charge in [-0.15, -0.1) is 0 Å². The molecule has 0 N–H and O–H groups in total. The molecule has 0 saturated heterocycles. The van der Waals surface area contributed by atoms with Crippen molar-refractivity contribution in [3.8, 4) is 11.5 Å². The van der Waals surface area contributed by atoms with Gasteiger partial charge in [-0.05, 0) is 36.5 Å². The van der Waals surface area contributed by atoms with Crippen molar-refractivity contribution < 1.29 is 13.9 Å². The van der Waals surface area contributed by atoms with Crippen LogP contribution in [0.25, 0.3) is 5.57 Å². The monoisotopic (exact) mass is 261 g/mol. The lowest BCUT2D eigenvalue weighted by Crippen LogP contribution is -2.03. The first-order valence-corrected chi connectivity index (χ1v) is 6.47. The molecule has 0 unspecified atom stereocenters. The van der Waals surface area contributed by atoms with Crippen molar-refractivity contribution in [2.75, 3.05) is 20.3 Å². The van der Waals surface area contributed by atoms with Gasteiger partial charge in [0.05, 0.1) is 20.3 Å². The fraction of sp³-hybridized carbons (Fsp3) is 0.400. The van der Waals surface area contributed by atoms with E-state index in [2.05, 4.69) is 4.99 Å². The zero-order chi connectivity index (χ0) is 13.2. The Morgan fingerprint density at radius 3 is 2.79 bits per heavy atom. The van der Waals surface area contributed by atoms with Crippen LogP contribution in [0.5, 0.6) is 11.5 Å². The summed E-state index contributed by atoms with van der Waals surface area (Å²) < 4.78 is 24.6. The fourth-order valence-electron chi connectivity index (χ4n) is 2.08. The van der Waals surface area contributed by atoms with Gasteiger partial charge in [0.15, 0.2) is 11.6 Å². The van der Waals surface area contributed by atoms with Crippen LogP contribution < -0.4 is 9.47 Å². The highest BCUT2D eigenvalue weighted by Gasteiger charge is 2.23. The number of aliphatic imine (C=N–C) groups is 1. The Hall–Kier alpha value is -1.84. The number of allylic oxidation sites excluding steroid dienone is 1. The van der Waals surface area contributed by atoms with Gasteiger partial charge < -0.3 is 9.47 Å². The van der Waals surface area contributed by atoms with Crippen LogP contribution in [0, 0.1) is 11.7 Å². The van der Waals surface area contributed by atoms with E-state index in [0.29, 0.717) is 24.8 Å². The number of ether oxygens (including phenoxy) is 2. The van der Waals surface area contributed by atoms with Crippen LogP contribution in [0.4, 0.5) is 4.39 Å².